The number of hydrogen-bond donors (Lipinski definition) is 2. The normalized spacial score (nSPS) is 15.8. The van der Waals surface area contributed by atoms with Crippen LogP contribution < -0.4 is 10.6 Å². The van der Waals surface area contributed by atoms with Crippen LogP contribution in [0, 0.1) is 0 Å². The number of fused-ring (bicyclic) bond motifs is 1. The fourth-order valence-electron chi connectivity index (χ4n) is 3.87. The number of benzene rings is 3. The fourth-order valence-corrected chi connectivity index (χ4v) is 3.87. The maximum absolute atomic E-state index is 12.6. The van der Waals surface area contributed by atoms with Gasteiger partial charge in [-0.3, -0.25) is 9.59 Å². The van der Waals surface area contributed by atoms with Gasteiger partial charge >= 0.3 is 0 Å². The predicted molar refractivity (Wildman–Crippen MR) is 119 cm³/mol. The zero-order valence-corrected chi connectivity index (χ0v) is 16.9. The van der Waals surface area contributed by atoms with E-state index in [4.69, 9.17) is 4.74 Å². The van der Waals surface area contributed by atoms with Crippen molar-refractivity contribution in [1.29, 1.82) is 0 Å². The van der Waals surface area contributed by atoms with Crippen LogP contribution in [0.15, 0.2) is 66.7 Å². The summed E-state index contributed by atoms with van der Waals surface area (Å²) in [7, 11) is 0. The van der Waals surface area contributed by atoms with Crippen LogP contribution in [-0.2, 0) is 16.0 Å². The third kappa shape index (κ3) is 4.86. The molecular formula is C25H26N2O3. The first-order chi connectivity index (χ1) is 14.7. The van der Waals surface area contributed by atoms with E-state index in [0.29, 0.717) is 30.6 Å². The monoisotopic (exact) mass is 402 g/mol. The van der Waals surface area contributed by atoms with Gasteiger partial charge in [0.25, 0.3) is 5.91 Å². The van der Waals surface area contributed by atoms with Crippen LogP contribution in [0.4, 0.5) is 5.69 Å². The van der Waals surface area contributed by atoms with Gasteiger partial charge < -0.3 is 15.4 Å². The molecule has 3 aromatic rings. The second-order valence-electron chi connectivity index (χ2n) is 7.58. The molecule has 2 amide bonds. The molecule has 0 aromatic heterocycles. The predicted octanol–water partition coefficient (Wildman–Crippen LogP) is 4.32. The molecule has 2 N–H and O–H groups in total. The topological polar surface area (TPSA) is 67.4 Å². The third-order valence-electron chi connectivity index (χ3n) is 5.46. The molecule has 1 atom stereocenters. The summed E-state index contributed by atoms with van der Waals surface area (Å²) >= 11 is 0. The summed E-state index contributed by atoms with van der Waals surface area (Å²) in [6, 6.07) is 21.4. The molecule has 0 radical (unpaired) electrons. The Morgan fingerprint density at radius 1 is 0.967 bits per heavy atom. The molecule has 30 heavy (non-hydrogen) atoms. The molecule has 1 aliphatic rings. The Morgan fingerprint density at radius 2 is 1.77 bits per heavy atom. The summed E-state index contributed by atoms with van der Waals surface area (Å²) < 4.78 is 5.55. The van der Waals surface area contributed by atoms with Crippen LogP contribution in [-0.4, -0.2) is 31.1 Å². The Bertz CT molecular complexity index is 1040. The highest BCUT2D eigenvalue weighted by atomic mass is 16.5. The van der Waals surface area contributed by atoms with Gasteiger partial charge in [0.15, 0.2) is 0 Å². The molecule has 3 aromatic carbocycles. The highest BCUT2D eigenvalue weighted by molar-refractivity contribution is 6.03. The number of hydrogen-bond acceptors (Lipinski definition) is 3. The molecular weight excluding hydrogens is 376 g/mol. The van der Waals surface area contributed by atoms with Crippen molar-refractivity contribution in [3.05, 3.63) is 77.9 Å². The average molecular weight is 402 g/mol. The van der Waals surface area contributed by atoms with Crippen LogP contribution >= 0.6 is 0 Å². The number of amides is 2. The van der Waals surface area contributed by atoms with Gasteiger partial charge in [-0.05, 0) is 47.7 Å². The van der Waals surface area contributed by atoms with Gasteiger partial charge in [-0.15, -0.1) is 0 Å². The van der Waals surface area contributed by atoms with E-state index < -0.39 is 0 Å². The van der Waals surface area contributed by atoms with E-state index in [2.05, 4.69) is 34.9 Å². The summed E-state index contributed by atoms with van der Waals surface area (Å²) in [5, 5.41) is 8.16. The standard InChI is InChI=1S/C25H26N2O3/c28-24(15-14-19-9-5-8-18-7-1-2-11-21(18)19)27-23-13-4-3-12-22(23)25(29)26-17-20-10-6-16-30-20/h1-5,7-9,11-13,20H,6,10,14-17H2,(H,26,29)(H,27,28). The molecule has 0 bridgehead atoms. The fraction of sp³-hybridized carbons (Fsp3) is 0.280. The Balaban J connectivity index is 1.37. The van der Waals surface area contributed by atoms with Crippen LogP contribution in [0.2, 0.25) is 0 Å². The van der Waals surface area contributed by atoms with Crippen molar-refractivity contribution < 1.29 is 14.3 Å². The largest absolute Gasteiger partial charge is 0.376 e. The minimum Gasteiger partial charge on any atom is -0.376 e. The molecule has 5 nitrogen and oxygen atoms in total. The van der Waals surface area contributed by atoms with Crippen molar-refractivity contribution in [3.8, 4) is 0 Å². The first kappa shape index (κ1) is 20.1. The van der Waals surface area contributed by atoms with Crippen molar-refractivity contribution in [2.45, 2.75) is 31.8 Å². The van der Waals surface area contributed by atoms with E-state index in [0.717, 1.165) is 25.0 Å². The Morgan fingerprint density at radius 3 is 2.63 bits per heavy atom. The van der Waals surface area contributed by atoms with Gasteiger partial charge in [-0.25, -0.2) is 0 Å². The van der Waals surface area contributed by atoms with Crippen LogP contribution in [0.25, 0.3) is 10.8 Å². The van der Waals surface area contributed by atoms with Crippen molar-refractivity contribution in [1.82, 2.24) is 5.32 Å². The van der Waals surface area contributed by atoms with Gasteiger partial charge in [-0.1, -0.05) is 54.6 Å². The lowest BCUT2D eigenvalue weighted by Crippen LogP contribution is -2.32. The average Bonchev–Trinajstić information content (AvgIpc) is 3.30. The molecule has 1 saturated heterocycles. The minimum atomic E-state index is -0.199. The van der Waals surface area contributed by atoms with E-state index in [1.807, 2.05) is 24.3 Å². The summed E-state index contributed by atoms with van der Waals surface area (Å²) in [4.78, 5) is 25.2. The van der Waals surface area contributed by atoms with Gasteiger partial charge in [0, 0.05) is 19.6 Å². The van der Waals surface area contributed by atoms with E-state index in [-0.39, 0.29) is 17.9 Å². The van der Waals surface area contributed by atoms with Crippen LogP contribution in [0.1, 0.15) is 35.2 Å². The smallest absolute Gasteiger partial charge is 0.253 e. The van der Waals surface area contributed by atoms with Crippen molar-refractivity contribution >= 4 is 28.3 Å². The molecule has 5 heteroatoms. The highest BCUT2D eigenvalue weighted by Gasteiger charge is 2.18. The molecule has 4 rings (SSSR count). The van der Waals surface area contributed by atoms with E-state index in [1.54, 1.807) is 18.2 Å². The van der Waals surface area contributed by atoms with Gasteiger partial charge in [0.2, 0.25) is 5.91 Å². The number of nitrogens with one attached hydrogen (secondary N) is 2. The van der Waals surface area contributed by atoms with Gasteiger partial charge in [0.05, 0.1) is 17.4 Å². The molecule has 0 aliphatic carbocycles. The summed E-state index contributed by atoms with van der Waals surface area (Å²) in [5.74, 6) is -0.308. The number of rotatable bonds is 7. The number of para-hydroxylation sites is 1. The van der Waals surface area contributed by atoms with Crippen molar-refractivity contribution in [2.75, 3.05) is 18.5 Å². The van der Waals surface area contributed by atoms with Gasteiger partial charge in [0.1, 0.15) is 0 Å². The lowest BCUT2D eigenvalue weighted by Gasteiger charge is -2.14. The van der Waals surface area contributed by atoms with Crippen molar-refractivity contribution in [2.24, 2.45) is 0 Å². The highest BCUT2D eigenvalue weighted by Crippen LogP contribution is 2.21. The summed E-state index contributed by atoms with van der Waals surface area (Å²) in [5.41, 5.74) is 2.14. The third-order valence-corrected chi connectivity index (χ3v) is 5.46. The Hall–Kier alpha value is -3.18. The Kier molecular flexibility index (Phi) is 6.40. The number of carbonyl (C=O) groups excluding carboxylic acids is 2. The molecule has 1 unspecified atom stereocenters. The number of ether oxygens (including phenoxy) is 1. The maximum Gasteiger partial charge on any atom is 0.253 e. The van der Waals surface area contributed by atoms with E-state index in [9.17, 15) is 9.59 Å². The zero-order chi connectivity index (χ0) is 20.8. The first-order valence-corrected chi connectivity index (χ1v) is 10.5. The minimum absolute atomic E-state index is 0.0800. The maximum atomic E-state index is 12.6. The molecule has 0 saturated carbocycles. The van der Waals surface area contributed by atoms with Crippen LogP contribution in [0.3, 0.4) is 0 Å². The van der Waals surface area contributed by atoms with Crippen molar-refractivity contribution in [3.63, 3.8) is 0 Å². The quantitative estimate of drug-likeness (QED) is 0.618. The lowest BCUT2D eigenvalue weighted by atomic mass is 10.0. The summed E-state index contributed by atoms with van der Waals surface area (Å²) in [6.45, 7) is 1.24. The van der Waals surface area contributed by atoms with Gasteiger partial charge in [-0.2, -0.15) is 0 Å². The Labute approximate surface area is 176 Å². The van der Waals surface area contributed by atoms with E-state index in [1.165, 1.54) is 10.8 Å². The number of carbonyl (C=O) groups is 2. The second-order valence-corrected chi connectivity index (χ2v) is 7.58. The first-order valence-electron chi connectivity index (χ1n) is 10.5. The number of aryl methyl sites for hydroxylation is 1. The summed E-state index contributed by atoms with van der Waals surface area (Å²) in [6.07, 6.45) is 3.06. The zero-order valence-electron chi connectivity index (χ0n) is 16.9. The van der Waals surface area contributed by atoms with Crippen LogP contribution in [0.5, 0.6) is 0 Å². The molecule has 154 valence electrons. The van der Waals surface area contributed by atoms with E-state index >= 15 is 0 Å². The number of anilines is 1. The molecule has 0 spiro atoms. The molecule has 1 aliphatic heterocycles. The molecule has 1 fully saturated rings. The SMILES string of the molecule is O=C(CCc1cccc2ccccc12)Nc1ccccc1C(=O)NCC1CCCO1. The second kappa shape index (κ2) is 9.55. The molecule has 1 heterocycles. The lowest BCUT2D eigenvalue weighted by molar-refractivity contribution is -0.116.